The van der Waals surface area contributed by atoms with E-state index >= 15 is 0 Å². The Morgan fingerprint density at radius 1 is 1.19 bits per heavy atom. The van der Waals surface area contributed by atoms with E-state index in [1.807, 2.05) is 42.5 Å². The Labute approximate surface area is 149 Å². The molecule has 3 aromatic heterocycles. The van der Waals surface area contributed by atoms with Gasteiger partial charge in [-0.3, -0.25) is 4.79 Å². The lowest BCUT2D eigenvalue weighted by molar-refractivity contribution is 0.0939. The van der Waals surface area contributed by atoms with Gasteiger partial charge in [0, 0.05) is 11.6 Å². The highest BCUT2D eigenvalue weighted by Gasteiger charge is 2.14. The van der Waals surface area contributed by atoms with Crippen molar-refractivity contribution in [2.45, 2.75) is 6.54 Å². The Morgan fingerprint density at radius 2 is 2.08 bits per heavy atom. The summed E-state index contributed by atoms with van der Waals surface area (Å²) in [6, 6.07) is 16.6. The highest BCUT2D eigenvalue weighted by Crippen LogP contribution is 2.28. The van der Waals surface area contributed by atoms with Crippen LogP contribution in [0.3, 0.4) is 0 Å². The Bertz CT molecular complexity index is 1070. The standard InChI is InChI=1S/C19H16N4O3/c1-25-18-8-3-2-6-15(18)16-11-14(26-22-16)12-20-19(24)17-7-4-5-13-9-10-21-23(13)17/h2-11H,12H2,1H3,(H,20,24). The van der Waals surface area contributed by atoms with E-state index in [0.29, 0.717) is 22.9 Å². The van der Waals surface area contributed by atoms with Gasteiger partial charge in [0.05, 0.1) is 25.4 Å². The number of ether oxygens (including phenoxy) is 1. The number of para-hydroxylation sites is 1. The zero-order chi connectivity index (χ0) is 17.9. The molecule has 0 aliphatic carbocycles. The maximum Gasteiger partial charge on any atom is 0.270 e. The number of rotatable bonds is 5. The number of pyridine rings is 1. The van der Waals surface area contributed by atoms with Gasteiger partial charge < -0.3 is 14.6 Å². The second kappa shape index (κ2) is 6.72. The molecule has 4 rings (SSSR count). The van der Waals surface area contributed by atoms with Crippen LogP contribution in [0.15, 0.2) is 65.3 Å². The zero-order valence-corrected chi connectivity index (χ0v) is 14.0. The largest absolute Gasteiger partial charge is 0.496 e. The van der Waals surface area contributed by atoms with Gasteiger partial charge in [-0.05, 0) is 30.3 Å². The van der Waals surface area contributed by atoms with Crippen LogP contribution in [0.5, 0.6) is 5.75 Å². The molecule has 130 valence electrons. The first-order valence-corrected chi connectivity index (χ1v) is 8.06. The number of nitrogens with zero attached hydrogens (tertiary/aromatic N) is 3. The lowest BCUT2D eigenvalue weighted by Gasteiger charge is -2.05. The molecule has 1 aromatic carbocycles. The molecule has 1 amide bonds. The van der Waals surface area contributed by atoms with E-state index < -0.39 is 0 Å². The average Bonchev–Trinajstić information content (AvgIpc) is 3.35. The van der Waals surface area contributed by atoms with Crippen LogP contribution in [0.4, 0.5) is 0 Å². The van der Waals surface area contributed by atoms with Gasteiger partial charge in [0.25, 0.3) is 5.91 Å². The molecule has 0 bridgehead atoms. The molecule has 0 radical (unpaired) electrons. The Hall–Kier alpha value is -3.61. The molecule has 0 atom stereocenters. The fourth-order valence-electron chi connectivity index (χ4n) is 2.76. The van der Waals surface area contributed by atoms with E-state index in [9.17, 15) is 4.79 Å². The normalized spacial score (nSPS) is 10.8. The van der Waals surface area contributed by atoms with Crippen molar-refractivity contribution in [3.63, 3.8) is 0 Å². The van der Waals surface area contributed by atoms with E-state index in [1.54, 1.807) is 30.0 Å². The van der Waals surface area contributed by atoms with E-state index in [2.05, 4.69) is 15.6 Å². The summed E-state index contributed by atoms with van der Waals surface area (Å²) in [7, 11) is 1.61. The fraction of sp³-hybridized carbons (Fsp3) is 0.105. The number of carbonyl (C=O) groups excluding carboxylic acids is 1. The van der Waals surface area contributed by atoms with Crippen LogP contribution in [-0.2, 0) is 6.54 Å². The lowest BCUT2D eigenvalue weighted by atomic mass is 10.1. The van der Waals surface area contributed by atoms with E-state index in [4.69, 9.17) is 9.26 Å². The maximum absolute atomic E-state index is 12.5. The minimum absolute atomic E-state index is 0.221. The SMILES string of the molecule is COc1ccccc1-c1cc(CNC(=O)c2cccc3ccnn23)on1. The molecule has 7 nitrogen and oxygen atoms in total. The van der Waals surface area contributed by atoms with Gasteiger partial charge in [0.2, 0.25) is 0 Å². The van der Waals surface area contributed by atoms with Crippen LogP contribution in [0.2, 0.25) is 0 Å². The number of benzene rings is 1. The number of hydrogen-bond donors (Lipinski definition) is 1. The lowest BCUT2D eigenvalue weighted by Crippen LogP contribution is -2.25. The van der Waals surface area contributed by atoms with Gasteiger partial charge in [0.1, 0.15) is 17.1 Å². The zero-order valence-electron chi connectivity index (χ0n) is 14.0. The van der Waals surface area contributed by atoms with Crippen molar-refractivity contribution in [2.75, 3.05) is 7.11 Å². The Balaban J connectivity index is 1.50. The average molecular weight is 348 g/mol. The highest BCUT2D eigenvalue weighted by molar-refractivity contribution is 5.93. The van der Waals surface area contributed by atoms with Gasteiger partial charge in [0.15, 0.2) is 5.76 Å². The van der Waals surface area contributed by atoms with Crippen LogP contribution in [0.1, 0.15) is 16.2 Å². The molecule has 0 saturated heterocycles. The van der Waals surface area contributed by atoms with Crippen molar-refractivity contribution >= 4 is 11.4 Å². The molecule has 7 heteroatoms. The van der Waals surface area contributed by atoms with Gasteiger partial charge in [-0.1, -0.05) is 23.4 Å². The van der Waals surface area contributed by atoms with Crippen molar-refractivity contribution in [3.05, 3.63) is 72.2 Å². The molecular formula is C19H16N4O3. The van der Waals surface area contributed by atoms with Crippen LogP contribution in [0, 0.1) is 0 Å². The van der Waals surface area contributed by atoms with Crippen LogP contribution >= 0.6 is 0 Å². The molecule has 26 heavy (non-hydrogen) atoms. The second-order valence-corrected chi connectivity index (χ2v) is 5.64. The minimum Gasteiger partial charge on any atom is -0.496 e. The van der Waals surface area contributed by atoms with Crippen molar-refractivity contribution in [1.29, 1.82) is 0 Å². The molecule has 0 saturated carbocycles. The molecule has 0 aliphatic rings. The van der Waals surface area contributed by atoms with Crippen molar-refractivity contribution < 1.29 is 14.1 Å². The Morgan fingerprint density at radius 3 is 2.96 bits per heavy atom. The third-order valence-electron chi connectivity index (χ3n) is 4.02. The molecule has 4 aromatic rings. The summed E-state index contributed by atoms with van der Waals surface area (Å²) in [5.74, 6) is 1.02. The summed E-state index contributed by atoms with van der Waals surface area (Å²) in [5.41, 5.74) is 2.80. The summed E-state index contributed by atoms with van der Waals surface area (Å²) >= 11 is 0. The molecular weight excluding hydrogens is 332 g/mol. The van der Waals surface area contributed by atoms with Crippen molar-refractivity contribution in [2.24, 2.45) is 0 Å². The number of nitrogens with one attached hydrogen (secondary N) is 1. The van der Waals surface area contributed by atoms with Crippen LogP contribution in [-0.4, -0.2) is 27.8 Å². The van der Waals surface area contributed by atoms with Gasteiger partial charge >= 0.3 is 0 Å². The van der Waals surface area contributed by atoms with Gasteiger partial charge in [-0.15, -0.1) is 0 Å². The van der Waals surface area contributed by atoms with Gasteiger partial charge in [-0.2, -0.15) is 5.10 Å². The van der Waals surface area contributed by atoms with Gasteiger partial charge in [-0.25, -0.2) is 4.52 Å². The van der Waals surface area contributed by atoms with Crippen LogP contribution in [0.25, 0.3) is 16.8 Å². The van der Waals surface area contributed by atoms with Crippen molar-refractivity contribution in [1.82, 2.24) is 20.1 Å². The summed E-state index contributed by atoms with van der Waals surface area (Å²) in [4.78, 5) is 12.5. The maximum atomic E-state index is 12.5. The quantitative estimate of drug-likeness (QED) is 0.600. The molecule has 0 aliphatic heterocycles. The smallest absolute Gasteiger partial charge is 0.270 e. The van der Waals surface area contributed by atoms with E-state index in [0.717, 1.165) is 11.1 Å². The predicted molar refractivity (Wildman–Crippen MR) is 94.9 cm³/mol. The van der Waals surface area contributed by atoms with Crippen molar-refractivity contribution in [3.8, 4) is 17.0 Å². The summed E-state index contributed by atoms with van der Waals surface area (Å²) < 4.78 is 12.3. The number of amides is 1. The summed E-state index contributed by atoms with van der Waals surface area (Å²) in [5, 5.41) is 11.1. The minimum atomic E-state index is -0.241. The first kappa shape index (κ1) is 15.9. The number of aromatic nitrogens is 3. The number of fused-ring (bicyclic) bond motifs is 1. The first-order valence-electron chi connectivity index (χ1n) is 8.06. The summed E-state index contributed by atoms with van der Waals surface area (Å²) in [6.07, 6.45) is 1.65. The molecule has 1 N–H and O–H groups in total. The fourth-order valence-corrected chi connectivity index (χ4v) is 2.76. The van der Waals surface area contributed by atoms with Crippen LogP contribution < -0.4 is 10.1 Å². The topological polar surface area (TPSA) is 81.7 Å². The number of carbonyl (C=O) groups is 1. The molecule has 3 heterocycles. The first-order chi connectivity index (χ1) is 12.8. The predicted octanol–water partition coefficient (Wildman–Crippen LogP) is 2.93. The number of hydrogen-bond acceptors (Lipinski definition) is 5. The molecule has 0 spiro atoms. The highest BCUT2D eigenvalue weighted by atomic mass is 16.5. The monoisotopic (exact) mass is 348 g/mol. The second-order valence-electron chi connectivity index (χ2n) is 5.64. The molecule has 0 unspecified atom stereocenters. The third kappa shape index (κ3) is 2.90. The Kier molecular flexibility index (Phi) is 4.10. The number of methoxy groups -OCH3 is 1. The summed E-state index contributed by atoms with van der Waals surface area (Å²) in [6.45, 7) is 0.221. The molecule has 0 fully saturated rings. The van der Waals surface area contributed by atoms with E-state index in [-0.39, 0.29) is 12.5 Å². The van der Waals surface area contributed by atoms with E-state index in [1.165, 1.54) is 0 Å². The third-order valence-corrected chi connectivity index (χ3v) is 4.02.